The molecule has 1 aliphatic rings. The Morgan fingerprint density at radius 1 is 0.972 bits per heavy atom. The number of piperazine rings is 1. The van der Waals surface area contributed by atoms with Crippen molar-refractivity contribution in [3.05, 3.63) is 89.2 Å². The highest BCUT2D eigenvalue weighted by atomic mass is 35.5. The van der Waals surface area contributed by atoms with Crippen molar-refractivity contribution in [1.29, 1.82) is 0 Å². The molecule has 2 heterocycles. The van der Waals surface area contributed by atoms with Crippen LogP contribution in [0.2, 0.25) is 5.02 Å². The molecule has 0 bridgehead atoms. The van der Waals surface area contributed by atoms with E-state index in [4.69, 9.17) is 21.3 Å². The topological polar surface area (TPSA) is 67.7 Å². The summed E-state index contributed by atoms with van der Waals surface area (Å²) >= 11 is 6.12. The lowest BCUT2D eigenvalue weighted by Crippen LogP contribution is -2.48. The van der Waals surface area contributed by atoms with Crippen molar-refractivity contribution >= 4 is 38.3 Å². The number of nitrogens with zero attached hydrogens (tertiary/aromatic N) is 4. The predicted octanol–water partition coefficient (Wildman–Crippen LogP) is 4.96. The van der Waals surface area contributed by atoms with Gasteiger partial charge < -0.3 is 14.2 Å². The summed E-state index contributed by atoms with van der Waals surface area (Å²) in [6, 6.07) is 23.8. The third kappa shape index (κ3) is 5.36. The van der Waals surface area contributed by atoms with Crippen LogP contribution >= 0.6 is 11.6 Å². The normalized spacial score (nSPS) is 15.8. The number of halogens is 1. The van der Waals surface area contributed by atoms with Crippen LogP contribution in [0.4, 0.5) is 5.69 Å². The Kier molecular flexibility index (Phi) is 6.92. The van der Waals surface area contributed by atoms with Gasteiger partial charge in [0.25, 0.3) is 0 Å². The van der Waals surface area contributed by atoms with Crippen LogP contribution in [-0.2, 0) is 16.6 Å². The number of imidazole rings is 1. The summed E-state index contributed by atoms with van der Waals surface area (Å²) < 4.78 is 33.8. The van der Waals surface area contributed by atoms with E-state index in [0.29, 0.717) is 37.7 Å². The minimum absolute atomic E-state index is 0.270. The standard InChI is InChI=1S/C27H29ClN4O3S/c1-20(35-24-6-4-3-5-7-24)27-29-25-13-12-23(30-14-16-31(17-15-30)36(2,33)34)18-26(25)32(27)19-21-8-10-22(28)11-9-21/h3-13,18,20H,14-17,19H2,1-2H3. The van der Waals surface area contributed by atoms with Gasteiger partial charge in [-0.25, -0.2) is 13.4 Å². The van der Waals surface area contributed by atoms with Gasteiger partial charge in [-0.3, -0.25) is 0 Å². The summed E-state index contributed by atoms with van der Waals surface area (Å²) in [5.74, 6) is 1.63. The van der Waals surface area contributed by atoms with E-state index in [9.17, 15) is 8.42 Å². The van der Waals surface area contributed by atoms with Gasteiger partial charge in [0.05, 0.1) is 17.3 Å². The van der Waals surface area contributed by atoms with E-state index in [-0.39, 0.29) is 6.10 Å². The highest BCUT2D eigenvalue weighted by molar-refractivity contribution is 7.88. The maximum absolute atomic E-state index is 11.9. The van der Waals surface area contributed by atoms with E-state index in [1.54, 1.807) is 0 Å². The number of fused-ring (bicyclic) bond motifs is 1. The van der Waals surface area contributed by atoms with Crippen molar-refractivity contribution in [2.75, 3.05) is 37.3 Å². The first-order chi connectivity index (χ1) is 17.3. The number of benzene rings is 3. The van der Waals surface area contributed by atoms with Gasteiger partial charge in [-0.2, -0.15) is 4.31 Å². The molecule has 1 unspecified atom stereocenters. The fourth-order valence-corrected chi connectivity index (χ4v) is 5.56. The summed E-state index contributed by atoms with van der Waals surface area (Å²) in [5.41, 5.74) is 4.06. The predicted molar refractivity (Wildman–Crippen MR) is 144 cm³/mol. The van der Waals surface area contributed by atoms with Crippen molar-refractivity contribution in [3.63, 3.8) is 0 Å². The van der Waals surface area contributed by atoms with E-state index in [1.165, 1.54) is 10.6 Å². The van der Waals surface area contributed by atoms with Gasteiger partial charge in [-0.1, -0.05) is 41.9 Å². The maximum atomic E-state index is 11.9. The zero-order chi connectivity index (χ0) is 25.3. The van der Waals surface area contributed by atoms with Crippen LogP contribution in [0.5, 0.6) is 5.75 Å². The highest BCUT2D eigenvalue weighted by Crippen LogP contribution is 2.29. The van der Waals surface area contributed by atoms with E-state index < -0.39 is 10.0 Å². The van der Waals surface area contributed by atoms with Crippen molar-refractivity contribution in [2.24, 2.45) is 0 Å². The molecule has 1 aliphatic heterocycles. The van der Waals surface area contributed by atoms with Gasteiger partial charge in [-0.15, -0.1) is 0 Å². The Hall–Kier alpha value is -3.07. The van der Waals surface area contributed by atoms with Crippen LogP contribution in [0.25, 0.3) is 11.0 Å². The molecule has 5 rings (SSSR count). The Morgan fingerprint density at radius 3 is 2.33 bits per heavy atom. The molecule has 0 radical (unpaired) electrons. The Bertz CT molecular complexity index is 1450. The second-order valence-electron chi connectivity index (χ2n) is 9.08. The Balaban J connectivity index is 1.49. The maximum Gasteiger partial charge on any atom is 0.211 e. The molecular formula is C27H29ClN4O3S. The van der Waals surface area contributed by atoms with Crippen molar-refractivity contribution in [2.45, 2.75) is 19.6 Å². The molecule has 3 aromatic carbocycles. The summed E-state index contributed by atoms with van der Waals surface area (Å²) in [6.07, 6.45) is 0.999. The lowest BCUT2D eigenvalue weighted by Gasteiger charge is -2.34. The lowest BCUT2D eigenvalue weighted by atomic mass is 10.2. The molecule has 36 heavy (non-hydrogen) atoms. The fourth-order valence-electron chi connectivity index (χ4n) is 4.61. The van der Waals surface area contributed by atoms with Crippen molar-refractivity contribution in [1.82, 2.24) is 13.9 Å². The summed E-state index contributed by atoms with van der Waals surface area (Å²) in [6.45, 7) is 4.88. The number of sulfonamides is 1. The number of hydrogen-bond acceptors (Lipinski definition) is 5. The zero-order valence-corrected chi connectivity index (χ0v) is 21.9. The average molecular weight is 525 g/mol. The second-order valence-corrected chi connectivity index (χ2v) is 11.5. The first-order valence-electron chi connectivity index (χ1n) is 11.9. The quantitative estimate of drug-likeness (QED) is 0.342. The molecule has 0 saturated carbocycles. The smallest absolute Gasteiger partial charge is 0.211 e. The largest absolute Gasteiger partial charge is 0.483 e. The number of ether oxygens (including phenoxy) is 1. The van der Waals surface area contributed by atoms with Gasteiger partial charge in [-0.05, 0) is 55.0 Å². The summed E-state index contributed by atoms with van der Waals surface area (Å²) in [7, 11) is -3.17. The molecule has 0 amide bonds. The summed E-state index contributed by atoms with van der Waals surface area (Å²) in [4.78, 5) is 7.19. The minimum atomic E-state index is -3.17. The van der Waals surface area contributed by atoms with Gasteiger partial charge in [0, 0.05) is 43.4 Å². The number of aromatic nitrogens is 2. The van der Waals surface area contributed by atoms with E-state index >= 15 is 0 Å². The van der Waals surface area contributed by atoms with Crippen LogP contribution in [-0.4, -0.2) is 54.7 Å². The molecule has 1 fully saturated rings. The molecule has 4 aromatic rings. The van der Waals surface area contributed by atoms with Gasteiger partial charge >= 0.3 is 0 Å². The fraction of sp³-hybridized carbons (Fsp3) is 0.296. The zero-order valence-electron chi connectivity index (χ0n) is 20.3. The monoisotopic (exact) mass is 524 g/mol. The molecule has 0 aliphatic carbocycles. The third-order valence-corrected chi connectivity index (χ3v) is 8.06. The Labute approximate surface area is 216 Å². The van der Waals surface area contributed by atoms with E-state index in [2.05, 4.69) is 21.6 Å². The molecule has 188 valence electrons. The molecule has 9 heteroatoms. The van der Waals surface area contributed by atoms with Crippen LogP contribution < -0.4 is 9.64 Å². The SMILES string of the molecule is CC(Oc1ccccc1)c1nc2ccc(N3CCN(S(C)(=O)=O)CC3)cc2n1Cc1ccc(Cl)cc1. The van der Waals surface area contributed by atoms with Crippen LogP contribution in [0.1, 0.15) is 24.4 Å². The first kappa shape index (κ1) is 24.6. The molecule has 0 N–H and O–H groups in total. The van der Waals surface area contributed by atoms with Crippen LogP contribution in [0.3, 0.4) is 0 Å². The number of anilines is 1. The highest BCUT2D eigenvalue weighted by Gasteiger charge is 2.25. The Morgan fingerprint density at radius 2 is 1.67 bits per heavy atom. The molecular weight excluding hydrogens is 496 g/mol. The molecule has 1 saturated heterocycles. The van der Waals surface area contributed by atoms with Crippen LogP contribution in [0, 0.1) is 0 Å². The number of hydrogen-bond donors (Lipinski definition) is 0. The molecule has 7 nitrogen and oxygen atoms in total. The van der Waals surface area contributed by atoms with E-state index in [1.807, 2.05) is 67.6 Å². The van der Waals surface area contributed by atoms with Crippen molar-refractivity contribution in [3.8, 4) is 5.75 Å². The van der Waals surface area contributed by atoms with Crippen LogP contribution in [0.15, 0.2) is 72.8 Å². The molecule has 1 atom stereocenters. The number of para-hydroxylation sites is 1. The average Bonchev–Trinajstić information content (AvgIpc) is 3.23. The van der Waals surface area contributed by atoms with E-state index in [0.717, 1.165) is 33.9 Å². The van der Waals surface area contributed by atoms with Gasteiger partial charge in [0.15, 0.2) is 11.9 Å². The minimum Gasteiger partial charge on any atom is -0.483 e. The third-order valence-electron chi connectivity index (χ3n) is 6.51. The second kappa shape index (κ2) is 10.1. The number of rotatable bonds is 7. The molecule has 0 spiro atoms. The van der Waals surface area contributed by atoms with Crippen molar-refractivity contribution < 1.29 is 13.2 Å². The van der Waals surface area contributed by atoms with Gasteiger partial charge in [0.1, 0.15) is 5.75 Å². The van der Waals surface area contributed by atoms with Gasteiger partial charge in [0.2, 0.25) is 10.0 Å². The lowest BCUT2D eigenvalue weighted by molar-refractivity contribution is 0.212. The molecule has 1 aromatic heterocycles. The first-order valence-corrected chi connectivity index (χ1v) is 14.2. The summed E-state index contributed by atoms with van der Waals surface area (Å²) in [5, 5.41) is 0.700.